The molecule has 0 spiro atoms. The molecule has 1 amide bonds. The Hall–Kier alpha value is -2.09. The lowest BCUT2D eigenvalue weighted by molar-refractivity contribution is -0.163. The molecule has 0 aromatic carbocycles. The predicted molar refractivity (Wildman–Crippen MR) is 100 cm³/mol. The molecule has 4 rings (SSSR count). The Balaban J connectivity index is 1.48. The number of carbonyl (C=O) groups is 2. The molecule has 4 heterocycles. The van der Waals surface area contributed by atoms with Gasteiger partial charge >= 0.3 is 5.97 Å². The van der Waals surface area contributed by atoms with Crippen molar-refractivity contribution in [2.75, 3.05) is 18.0 Å². The summed E-state index contributed by atoms with van der Waals surface area (Å²) in [4.78, 5) is 32.5. The average molecular weight is 406 g/mol. The van der Waals surface area contributed by atoms with E-state index in [1.54, 1.807) is 12.3 Å². The molecule has 27 heavy (non-hydrogen) atoms. The van der Waals surface area contributed by atoms with Crippen LogP contribution < -0.4 is 4.90 Å². The van der Waals surface area contributed by atoms with Gasteiger partial charge in [0.05, 0.1) is 18.1 Å². The van der Waals surface area contributed by atoms with Crippen molar-refractivity contribution < 1.29 is 19.8 Å². The summed E-state index contributed by atoms with van der Waals surface area (Å²) in [6, 6.07) is 1.74. The number of carbonyl (C=O) groups excluding carboxylic acids is 1. The van der Waals surface area contributed by atoms with E-state index in [-0.39, 0.29) is 28.8 Å². The smallest absolute Gasteiger partial charge is 0.353 e. The van der Waals surface area contributed by atoms with Crippen molar-refractivity contribution in [3.63, 3.8) is 0 Å². The number of aliphatic carboxylic acids is 1. The quantitative estimate of drug-likeness (QED) is 0.698. The number of nitriles is 1. The number of thiazole rings is 1. The molecule has 4 atom stereocenters. The third-order valence-electron chi connectivity index (χ3n) is 5.33. The van der Waals surface area contributed by atoms with Crippen LogP contribution in [0, 0.1) is 23.2 Å². The predicted octanol–water partition coefficient (Wildman–Crippen LogP) is 1.09. The highest BCUT2D eigenvalue weighted by molar-refractivity contribution is 8.03. The molecule has 1 aromatic rings. The fourth-order valence-corrected chi connectivity index (χ4v) is 6.28. The number of amides is 1. The average Bonchev–Trinajstić information content (AvgIpc) is 3.12. The summed E-state index contributed by atoms with van der Waals surface area (Å²) >= 11 is 2.93. The van der Waals surface area contributed by atoms with Crippen LogP contribution in [0.4, 0.5) is 5.13 Å². The van der Waals surface area contributed by atoms with Crippen LogP contribution in [0.2, 0.25) is 0 Å². The van der Waals surface area contributed by atoms with Crippen molar-refractivity contribution in [3.8, 4) is 6.07 Å². The maximum absolute atomic E-state index is 12.3. The van der Waals surface area contributed by atoms with E-state index in [2.05, 4.69) is 9.88 Å². The Morgan fingerprint density at radius 2 is 2.22 bits per heavy atom. The third kappa shape index (κ3) is 2.72. The molecule has 142 valence electrons. The van der Waals surface area contributed by atoms with Crippen molar-refractivity contribution in [1.82, 2.24) is 9.88 Å². The number of β-lactam (4-membered cyclic amide) rings is 1. The molecule has 2 saturated heterocycles. The molecular weight excluding hydrogens is 388 g/mol. The lowest BCUT2D eigenvalue weighted by Gasteiger charge is -2.46. The van der Waals surface area contributed by atoms with E-state index >= 15 is 0 Å². The largest absolute Gasteiger partial charge is 0.477 e. The SMILES string of the molecule is C[C@@H](O)[C@H]1C(=O)N2C(C(=O)O)=C(SC3CN(c4nc(C#N)cs4)C3)[C@H](C)[C@H]12. The number of aliphatic hydroxyl groups excluding tert-OH is 1. The molecule has 0 aliphatic carbocycles. The molecule has 3 aliphatic heterocycles. The van der Waals surface area contributed by atoms with Gasteiger partial charge in [-0.2, -0.15) is 5.26 Å². The van der Waals surface area contributed by atoms with Crippen molar-refractivity contribution in [3.05, 3.63) is 21.7 Å². The molecule has 0 radical (unpaired) electrons. The van der Waals surface area contributed by atoms with Gasteiger partial charge in [-0.1, -0.05) is 6.92 Å². The topological polar surface area (TPSA) is 118 Å². The Morgan fingerprint density at radius 3 is 2.78 bits per heavy atom. The molecule has 0 saturated carbocycles. The minimum absolute atomic E-state index is 0.0684. The van der Waals surface area contributed by atoms with Gasteiger partial charge < -0.3 is 20.0 Å². The van der Waals surface area contributed by atoms with E-state index in [1.807, 2.05) is 13.0 Å². The number of aromatic nitrogens is 1. The second-order valence-corrected chi connectivity index (χ2v) is 9.22. The normalized spacial score (nSPS) is 28.5. The van der Waals surface area contributed by atoms with Crippen molar-refractivity contribution in [2.24, 2.45) is 11.8 Å². The van der Waals surface area contributed by atoms with Gasteiger partial charge in [-0.15, -0.1) is 23.1 Å². The zero-order chi connectivity index (χ0) is 19.5. The Labute approximate surface area is 164 Å². The van der Waals surface area contributed by atoms with E-state index in [0.717, 1.165) is 5.13 Å². The summed E-state index contributed by atoms with van der Waals surface area (Å²) in [5.74, 6) is -2.06. The number of anilines is 1. The van der Waals surface area contributed by atoms with Crippen LogP contribution in [0.5, 0.6) is 0 Å². The number of carboxylic acid groups (broad SMARTS) is 1. The first-order valence-corrected chi connectivity index (χ1v) is 10.3. The number of nitrogens with zero attached hydrogens (tertiary/aromatic N) is 4. The summed E-state index contributed by atoms with van der Waals surface area (Å²) in [5, 5.41) is 31.1. The van der Waals surface area contributed by atoms with Crippen LogP contribution in [0.25, 0.3) is 0 Å². The van der Waals surface area contributed by atoms with Gasteiger partial charge in [0.15, 0.2) is 10.8 Å². The Bertz CT molecular complexity index is 884. The molecule has 10 heteroatoms. The summed E-state index contributed by atoms with van der Waals surface area (Å²) in [7, 11) is 0. The monoisotopic (exact) mass is 406 g/mol. The van der Waals surface area contributed by atoms with Crippen LogP contribution >= 0.6 is 23.1 Å². The lowest BCUT2D eigenvalue weighted by Crippen LogP contribution is -2.63. The summed E-state index contributed by atoms with van der Waals surface area (Å²) in [6.45, 7) is 4.93. The van der Waals surface area contributed by atoms with Gasteiger partial charge in [0.1, 0.15) is 11.8 Å². The molecule has 2 N–H and O–H groups in total. The van der Waals surface area contributed by atoms with Crippen LogP contribution in [-0.4, -0.2) is 62.5 Å². The van der Waals surface area contributed by atoms with Crippen molar-refractivity contribution in [2.45, 2.75) is 31.2 Å². The first-order valence-electron chi connectivity index (χ1n) is 8.59. The van der Waals surface area contributed by atoms with Gasteiger partial charge in [0.2, 0.25) is 5.91 Å². The van der Waals surface area contributed by atoms with E-state index in [1.165, 1.54) is 28.0 Å². The number of hydrogen-bond acceptors (Lipinski definition) is 8. The molecule has 2 fully saturated rings. The number of rotatable bonds is 5. The second kappa shape index (κ2) is 6.51. The van der Waals surface area contributed by atoms with Gasteiger partial charge in [-0.05, 0) is 6.92 Å². The van der Waals surface area contributed by atoms with Crippen LogP contribution in [0.15, 0.2) is 16.0 Å². The van der Waals surface area contributed by atoms with Gasteiger partial charge in [-0.3, -0.25) is 4.79 Å². The van der Waals surface area contributed by atoms with Gasteiger partial charge in [0.25, 0.3) is 0 Å². The zero-order valence-corrected chi connectivity index (χ0v) is 16.3. The molecule has 0 unspecified atom stereocenters. The number of thioether (sulfide) groups is 1. The van der Waals surface area contributed by atoms with Crippen molar-refractivity contribution in [1.29, 1.82) is 5.26 Å². The minimum Gasteiger partial charge on any atom is -0.477 e. The van der Waals surface area contributed by atoms with E-state index in [0.29, 0.717) is 23.7 Å². The molecule has 0 bridgehead atoms. The van der Waals surface area contributed by atoms with Crippen LogP contribution in [-0.2, 0) is 9.59 Å². The lowest BCUT2D eigenvalue weighted by atomic mass is 9.79. The summed E-state index contributed by atoms with van der Waals surface area (Å²) in [5.41, 5.74) is 0.470. The molecular formula is C17H18N4O4S2. The van der Waals surface area contributed by atoms with E-state index in [9.17, 15) is 19.8 Å². The first-order chi connectivity index (χ1) is 12.8. The van der Waals surface area contributed by atoms with Gasteiger partial charge in [-0.25, -0.2) is 9.78 Å². The number of hydrogen-bond donors (Lipinski definition) is 2. The van der Waals surface area contributed by atoms with E-state index in [4.69, 9.17) is 5.26 Å². The number of aliphatic hydroxyl groups is 1. The Morgan fingerprint density at radius 1 is 1.52 bits per heavy atom. The highest BCUT2D eigenvalue weighted by Crippen LogP contribution is 2.52. The maximum Gasteiger partial charge on any atom is 0.353 e. The standard InChI is InChI=1S/C17H18N4O4S2/c1-7-12-11(8(2)22)15(23)21(12)13(16(24)25)14(7)27-10-4-20(5-10)17-19-9(3-18)6-26-17/h6-8,10-12,22H,4-5H2,1-2H3,(H,24,25)/t7-,8-,11-,12-/m1/s1. The zero-order valence-electron chi connectivity index (χ0n) is 14.7. The molecule has 1 aromatic heterocycles. The fraction of sp³-hybridized carbons (Fsp3) is 0.529. The third-order valence-corrected chi connectivity index (χ3v) is 7.68. The Kier molecular flexibility index (Phi) is 4.41. The first kappa shape index (κ1) is 18.3. The summed E-state index contributed by atoms with van der Waals surface area (Å²) < 4.78 is 0. The number of carboxylic acids is 1. The van der Waals surface area contributed by atoms with Gasteiger partial charge in [0, 0.05) is 34.5 Å². The van der Waals surface area contributed by atoms with Crippen LogP contribution in [0.3, 0.4) is 0 Å². The minimum atomic E-state index is -1.10. The number of fused-ring (bicyclic) bond motifs is 1. The molecule has 3 aliphatic rings. The summed E-state index contributed by atoms with van der Waals surface area (Å²) in [6.07, 6.45) is -0.793. The second-order valence-electron chi connectivity index (χ2n) is 7.04. The van der Waals surface area contributed by atoms with Crippen LogP contribution in [0.1, 0.15) is 19.5 Å². The fourth-order valence-electron chi connectivity index (χ4n) is 3.99. The highest BCUT2D eigenvalue weighted by Gasteiger charge is 2.60. The maximum atomic E-state index is 12.3. The highest BCUT2D eigenvalue weighted by atomic mass is 32.2. The molecule has 8 nitrogen and oxygen atoms in total. The van der Waals surface area contributed by atoms with E-state index < -0.39 is 18.0 Å². The van der Waals surface area contributed by atoms with Crippen molar-refractivity contribution >= 4 is 40.1 Å².